The van der Waals surface area contributed by atoms with Crippen molar-refractivity contribution in [3.63, 3.8) is 0 Å². The fourth-order valence-corrected chi connectivity index (χ4v) is 3.83. The van der Waals surface area contributed by atoms with Gasteiger partial charge in [0.25, 0.3) is 5.78 Å². The van der Waals surface area contributed by atoms with Gasteiger partial charge in [-0.15, -0.1) is 5.10 Å². The predicted octanol–water partition coefficient (Wildman–Crippen LogP) is 3.75. The minimum Gasteiger partial charge on any atom is -0.454 e. The van der Waals surface area contributed by atoms with E-state index in [0.717, 1.165) is 53.5 Å². The molecule has 3 heterocycles. The highest BCUT2D eigenvalue weighted by Gasteiger charge is 2.23. The second-order valence-corrected chi connectivity index (χ2v) is 6.95. The summed E-state index contributed by atoms with van der Waals surface area (Å²) in [5.41, 5.74) is 4.20. The highest BCUT2D eigenvalue weighted by atomic mass is 16.7. The molecule has 0 fully saturated rings. The Hall–Kier alpha value is -3.61. The van der Waals surface area contributed by atoms with Crippen molar-refractivity contribution < 1.29 is 9.47 Å². The lowest BCUT2D eigenvalue weighted by Gasteiger charge is -2.12. The first-order chi connectivity index (χ1) is 13.8. The predicted molar refractivity (Wildman–Crippen MR) is 104 cm³/mol. The van der Waals surface area contributed by atoms with Gasteiger partial charge in [-0.2, -0.15) is 9.50 Å². The van der Waals surface area contributed by atoms with E-state index >= 15 is 0 Å². The third-order valence-electron chi connectivity index (χ3n) is 5.18. The van der Waals surface area contributed by atoms with Crippen LogP contribution in [0.4, 0.5) is 11.5 Å². The average molecular weight is 371 g/mol. The second-order valence-electron chi connectivity index (χ2n) is 6.95. The number of hydrogen-bond donors (Lipinski definition) is 1. The Kier molecular flexibility index (Phi) is 3.28. The third kappa shape index (κ3) is 2.40. The normalized spacial score (nSPS) is 14.4. The van der Waals surface area contributed by atoms with E-state index in [2.05, 4.69) is 10.3 Å². The van der Waals surface area contributed by atoms with Gasteiger partial charge in [0.2, 0.25) is 6.79 Å². The number of rotatable bonds is 3. The van der Waals surface area contributed by atoms with Gasteiger partial charge in [-0.3, -0.25) is 0 Å². The summed E-state index contributed by atoms with van der Waals surface area (Å²) in [6, 6.07) is 15.8. The Labute approximate surface area is 161 Å². The lowest BCUT2D eigenvalue weighted by atomic mass is 10.2. The monoisotopic (exact) mass is 371 g/mol. The number of ether oxygens (including phenoxy) is 2. The molecule has 4 aromatic rings. The van der Waals surface area contributed by atoms with Gasteiger partial charge < -0.3 is 14.8 Å². The molecule has 2 aliphatic rings. The Morgan fingerprint density at radius 2 is 1.82 bits per heavy atom. The van der Waals surface area contributed by atoms with Crippen LogP contribution < -0.4 is 14.8 Å². The SMILES string of the molecule is c1ccc(-c2nc3nc4c(c(Nc5ccc6c(c5)OCO6)n3n2)CCC4)cc1. The summed E-state index contributed by atoms with van der Waals surface area (Å²) in [6.45, 7) is 0.261. The molecule has 1 aliphatic carbocycles. The third-order valence-corrected chi connectivity index (χ3v) is 5.18. The molecule has 0 saturated heterocycles. The summed E-state index contributed by atoms with van der Waals surface area (Å²) >= 11 is 0. The van der Waals surface area contributed by atoms with E-state index in [1.165, 1.54) is 5.56 Å². The number of aryl methyl sites for hydroxylation is 1. The topological polar surface area (TPSA) is 73.6 Å². The summed E-state index contributed by atoms with van der Waals surface area (Å²) in [7, 11) is 0. The van der Waals surface area contributed by atoms with E-state index in [1.54, 1.807) is 0 Å². The van der Waals surface area contributed by atoms with Crippen LogP contribution in [0.25, 0.3) is 17.2 Å². The Morgan fingerprint density at radius 1 is 0.929 bits per heavy atom. The van der Waals surface area contributed by atoms with Gasteiger partial charge >= 0.3 is 0 Å². The molecule has 138 valence electrons. The van der Waals surface area contributed by atoms with Crippen molar-refractivity contribution in [3.8, 4) is 22.9 Å². The summed E-state index contributed by atoms with van der Waals surface area (Å²) in [5.74, 6) is 3.72. The molecule has 28 heavy (non-hydrogen) atoms. The van der Waals surface area contributed by atoms with Crippen molar-refractivity contribution in [3.05, 3.63) is 59.8 Å². The van der Waals surface area contributed by atoms with E-state index < -0.39 is 0 Å². The van der Waals surface area contributed by atoms with Gasteiger partial charge in [-0.25, -0.2) is 4.98 Å². The molecule has 0 bridgehead atoms. The molecule has 0 radical (unpaired) electrons. The van der Waals surface area contributed by atoms with E-state index in [0.29, 0.717) is 11.6 Å². The van der Waals surface area contributed by atoms with Crippen LogP contribution in [-0.2, 0) is 12.8 Å². The molecule has 6 rings (SSSR count). The van der Waals surface area contributed by atoms with Gasteiger partial charge in [0, 0.05) is 22.9 Å². The van der Waals surface area contributed by atoms with Gasteiger partial charge in [0.1, 0.15) is 5.82 Å². The zero-order valence-electron chi connectivity index (χ0n) is 15.1. The minimum absolute atomic E-state index is 0.261. The molecule has 0 amide bonds. The summed E-state index contributed by atoms with van der Waals surface area (Å²) in [5, 5.41) is 8.28. The van der Waals surface area contributed by atoms with Crippen LogP contribution in [0.15, 0.2) is 48.5 Å². The maximum atomic E-state index is 5.51. The lowest BCUT2D eigenvalue weighted by molar-refractivity contribution is 0.174. The molecular formula is C21H17N5O2. The van der Waals surface area contributed by atoms with E-state index in [9.17, 15) is 0 Å². The van der Waals surface area contributed by atoms with Crippen LogP contribution in [0.2, 0.25) is 0 Å². The van der Waals surface area contributed by atoms with Crippen LogP contribution in [0.1, 0.15) is 17.7 Å². The zero-order chi connectivity index (χ0) is 18.5. The van der Waals surface area contributed by atoms with Gasteiger partial charge in [-0.1, -0.05) is 30.3 Å². The number of hydrogen-bond acceptors (Lipinski definition) is 6. The molecule has 0 spiro atoms. The van der Waals surface area contributed by atoms with Crippen molar-refractivity contribution >= 4 is 17.3 Å². The summed E-state index contributed by atoms with van der Waals surface area (Å²) in [4.78, 5) is 9.44. The summed E-state index contributed by atoms with van der Waals surface area (Å²) < 4.78 is 12.7. The zero-order valence-corrected chi connectivity index (χ0v) is 15.1. The lowest BCUT2D eigenvalue weighted by Crippen LogP contribution is -2.07. The standard InChI is InChI=1S/C21H17N5O2/c1-2-5-13(6-3-1)19-24-21-23-16-8-4-7-15(16)20(26(21)25-19)22-14-9-10-17-18(11-14)28-12-27-17/h1-3,5-6,9-11,22H,4,7-8,12H2. The number of nitrogens with zero attached hydrogens (tertiary/aromatic N) is 4. The quantitative estimate of drug-likeness (QED) is 0.591. The smallest absolute Gasteiger partial charge is 0.254 e. The fourth-order valence-electron chi connectivity index (χ4n) is 3.83. The Balaban J connectivity index is 1.49. The fraction of sp³-hybridized carbons (Fsp3) is 0.190. The highest BCUT2D eigenvalue weighted by molar-refractivity contribution is 5.68. The van der Waals surface area contributed by atoms with E-state index in [-0.39, 0.29) is 6.79 Å². The molecule has 1 N–H and O–H groups in total. The molecule has 1 aliphatic heterocycles. The van der Waals surface area contributed by atoms with Crippen LogP contribution in [-0.4, -0.2) is 26.4 Å². The van der Waals surface area contributed by atoms with Crippen LogP contribution >= 0.6 is 0 Å². The highest BCUT2D eigenvalue weighted by Crippen LogP contribution is 2.37. The molecule has 7 nitrogen and oxygen atoms in total. The number of nitrogens with one attached hydrogen (secondary N) is 1. The van der Waals surface area contributed by atoms with Crippen LogP contribution in [0, 0.1) is 0 Å². The van der Waals surface area contributed by atoms with Crippen molar-refractivity contribution in [1.82, 2.24) is 19.6 Å². The largest absolute Gasteiger partial charge is 0.454 e. The number of fused-ring (bicyclic) bond motifs is 3. The van der Waals surface area contributed by atoms with Crippen molar-refractivity contribution in [2.24, 2.45) is 0 Å². The van der Waals surface area contributed by atoms with Crippen molar-refractivity contribution in [2.75, 3.05) is 12.1 Å². The van der Waals surface area contributed by atoms with Gasteiger partial charge in [-0.05, 0) is 31.4 Å². The van der Waals surface area contributed by atoms with Gasteiger partial charge in [0.15, 0.2) is 17.3 Å². The maximum absolute atomic E-state index is 5.51. The first-order valence-electron chi connectivity index (χ1n) is 9.36. The molecule has 0 atom stereocenters. The molecule has 2 aromatic carbocycles. The van der Waals surface area contributed by atoms with Crippen molar-refractivity contribution in [1.29, 1.82) is 0 Å². The van der Waals surface area contributed by atoms with E-state index in [1.807, 2.05) is 53.0 Å². The first kappa shape index (κ1) is 15.4. The van der Waals surface area contributed by atoms with Crippen molar-refractivity contribution in [2.45, 2.75) is 19.3 Å². The Bertz CT molecular complexity index is 1200. The minimum atomic E-state index is 0.261. The molecule has 2 aromatic heterocycles. The number of benzene rings is 2. The van der Waals surface area contributed by atoms with Gasteiger partial charge in [0.05, 0.1) is 5.69 Å². The number of anilines is 2. The van der Waals surface area contributed by atoms with E-state index in [4.69, 9.17) is 19.6 Å². The maximum Gasteiger partial charge on any atom is 0.254 e. The first-order valence-corrected chi connectivity index (χ1v) is 9.36. The molecule has 0 unspecified atom stereocenters. The van der Waals surface area contributed by atoms with Crippen LogP contribution in [0.5, 0.6) is 11.5 Å². The van der Waals surface area contributed by atoms with Crippen LogP contribution in [0.3, 0.4) is 0 Å². The Morgan fingerprint density at radius 3 is 2.75 bits per heavy atom. The average Bonchev–Trinajstić information content (AvgIpc) is 3.47. The summed E-state index contributed by atoms with van der Waals surface area (Å²) in [6.07, 6.45) is 3.04. The second kappa shape index (κ2) is 5.95. The molecular weight excluding hydrogens is 354 g/mol. The molecule has 7 heteroatoms. The molecule has 0 saturated carbocycles. The number of aromatic nitrogens is 4.